The zero-order chi connectivity index (χ0) is 13.2. The molecule has 3 N–H and O–H groups in total. The molecule has 0 heterocycles. The monoisotopic (exact) mass is 234 g/mol. The summed E-state index contributed by atoms with van der Waals surface area (Å²) in [5, 5.41) is 3.62. The molecule has 0 aromatic heterocycles. The van der Waals surface area contributed by atoms with Crippen LogP contribution < -0.4 is 11.1 Å². The zero-order valence-corrected chi connectivity index (χ0v) is 12.0. The third-order valence-electron chi connectivity index (χ3n) is 3.75. The van der Waals surface area contributed by atoms with Crippen LogP contribution in [-0.2, 0) is 0 Å². The standard InChI is InChI=1S/C15H26N2/c1-9(2)14(8-16)17-15-12(5)10(3)7-11(4)13(15)6/h7,9,14,17H,8,16H2,1-6H3. The lowest BCUT2D eigenvalue weighted by Crippen LogP contribution is -2.34. The summed E-state index contributed by atoms with van der Waals surface area (Å²) in [4.78, 5) is 0. The lowest BCUT2D eigenvalue weighted by atomic mass is 9.96. The van der Waals surface area contributed by atoms with Gasteiger partial charge in [0.05, 0.1) is 0 Å². The molecule has 1 rings (SSSR count). The largest absolute Gasteiger partial charge is 0.380 e. The summed E-state index contributed by atoms with van der Waals surface area (Å²) in [7, 11) is 0. The fourth-order valence-electron chi connectivity index (χ4n) is 2.12. The van der Waals surface area contributed by atoms with Gasteiger partial charge < -0.3 is 11.1 Å². The summed E-state index contributed by atoms with van der Waals surface area (Å²) in [6, 6.07) is 2.59. The van der Waals surface area contributed by atoms with E-state index in [1.807, 2.05) is 0 Å². The van der Waals surface area contributed by atoms with Gasteiger partial charge in [-0.25, -0.2) is 0 Å². The predicted molar refractivity (Wildman–Crippen MR) is 76.7 cm³/mol. The van der Waals surface area contributed by atoms with E-state index in [-0.39, 0.29) is 0 Å². The highest BCUT2D eigenvalue weighted by atomic mass is 14.9. The van der Waals surface area contributed by atoms with Crippen LogP contribution in [0.25, 0.3) is 0 Å². The van der Waals surface area contributed by atoms with Crippen molar-refractivity contribution in [2.45, 2.75) is 47.6 Å². The van der Waals surface area contributed by atoms with Gasteiger partial charge in [-0.05, 0) is 55.9 Å². The second kappa shape index (κ2) is 5.54. The molecule has 96 valence electrons. The maximum Gasteiger partial charge on any atom is 0.0407 e. The molecule has 0 aliphatic carbocycles. The first-order valence-corrected chi connectivity index (χ1v) is 6.42. The maximum atomic E-state index is 5.84. The number of aryl methyl sites for hydroxylation is 2. The first kappa shape index (κ1) is 14.0. The molecule has 1 aromatic rings. The molecule has 0 fully saturated rings. The minimum Gasteiger partial charge on any atom is -0.380 e. The van der Waals surface area contributed by atoms with E-state index in [1.54, 1.807) is 0 Å². The van der Waals surface area contributed by atoms with Crippen molar-refractivity contribution >= 4 is 5.69 Å². The van der Waals surface area contributed by atoms with Crippen LogP contribution in [0.15, 0.2) is 6.07 Å². The van der Waals surface area contributed by atoms with Crippen LogP contribution in [0.5, 0.6) is 0 Å². The molecule has 0 radical (unpaired) electrons. The van der Waals surface area contributed by atoms with E-state index in [2.05, 4.69) is 52.9 Å². The van der Waals surface area contributed by atoms with Crippen LogP contribution >= 0.6 is 0 Å². The molecule has 0 saturated heterocycles. The van der Waals surface area contributed by atoms with Gasteiger partial charge in [-0.15, -0.1) is 0 Å². The topological polar surface area (TPSA) is 38.0 Å². The second-order valence-electron chi connectivity index (χ2n) is 5.37. The van der Waals surface area contributed by atoms with Crippen molar-refractivity contribution in [2.24, 2.45) is 11.7 Å². The molecule has 1 unspecified atom stereocenters. The van der Waals surface area contributed by atoms with Crippen LogP contribution in [0, 0.1) is 33.6 Å². The van der Waals surface area contributed by atoms with Gasteiger partial charge in [-0.1, -0.05) is 19.9 Å². The highest BCUT2D eigenvalue weighted by Crippen LogP contribution is 2.27. The van der Waals surface area contributed by atoms with E-state index in [1.165, 1.54) is 27.9 Å². The van der Waals surface area contributed by atoms with Crippen LogP contribution in [0.1, 0.15) is 36.1 Å². The fraction of sp³-hybridized carbons (Fsp3) is 0.600. The molecule has 0 aliphatic heterocycles. The minimum absolute atomic E-state index is 0.341. The summed E-state index contributed by atoms with van der Waals surface area (Å²) in [5.41, 5.74) is 12.5. The molecule has 17 heavy (non-hydrogen) atoms. The third-order valence-corrected chi connectivity index (χ3v) is 3.75. The van der Waals surface area contributed by atoms with Crippen molar-refractivity contribution in [1.29, 1.82) is 0 Å². The smallest absolute Gasteiger partial charge is 0.0407 e. The normalized spacial score (nSPS) is 12.9. The van der Waals surface area contributed by atoms with Gasteiger partial charge >= 0.3 is 0 Å². The van der Waals surface area contributed by atoms with Gasteiger partial charge in [0.2, 0.25) is 0 Å². The number of anilines is 1. The number of hydrogen-bond acceptors (Lipinski definition) is 2. The molecule has 1 aromatic carbocycles. The first-order valence-electron chi connectivity index (χ1n) is 6.42. The maximum absolute atomic E-state index is 5.84. The Kier molecular flexibility index (Phi) is 4.58. The van der Waals surface area contributed by atoms with Crippen molar-refractivity contribution < 1.29 is 0 Å². The molecule has 0 saturated carbocycles. The van der Waals surface area contributed by atoms with Crippen molar-refractivity contribution in [3.63, 3.8) is 0 Å². The molecule has 1 atom stereocenters. The SMILES string of the molecule is Cc1cc(C)c(C)c(NC(CN)C(C)C)c1C. The predicted octanol–water partition coefficient (Wildman–Crippen LogP) is 3.32. The lowest BCUT2D eigenvalue weighted by molar-refractivity contribution is 0.531. The highest BCUT2D eigenvalue weighted by Gasteiger charge is 2.15. The molecule has 0 amide bonds. The van der Waals surface area contributed by atoms with Crippen molar-refractivity contribution in [2.75, 3.05) is 11.9 Å². The van der Waals surface area contributed by atoms with Gasteiger partial charge in [0.15, 0.2) is 0 Å². The average Bonchev–Trinajstić information content (AvgIpc) is 2.26. The summed E-state index contributed by atoms with van der Waals surface area (Å²) in [5.74, 6) is 0.541. The molecule has 2 heteroatoms. The molecule has 0 spiro atoms. The van der Waals surface area contributed by atoms with Gasteiger partial charge in [-0.2, -0.15) is 0 Å². The summed E-state index contributed by atoms with van der Waals surface area (Å²) in [6.45, 7) is 13.8. The summed E-state index contributed by atoms with van der Waals surface area (Å²) < 4.78 is 0. The van der Waals surface area contributed by atoms with Crippen LogP contribution in [0.2, 0.25) is 0 Å². The Bertz CT molecular complexity index is 368. The molecular formula is C15H26N2. The average molecular weight is 234 g/mol. The van der Waals surface area contributed by atoms with E-state index in [4.69, 9.17) is 5.73 Å². The molecule has 2 nitrogen and oxygen atoms in total. The third kappa shape index (κ3) is 3.01. The van der Waals surface area contributed by atoms with E-state index < -0.39 is 0 Å². The van der Waals surface area contributed by atoms with Gasteiger partial charge in [0, 0.05) is 18.3 Å². The Hall–Kier alpha value is -1.02. The Labute approximate surface area is 106 Å². The second-order valence-corrected chi connectivity index (χ2v) is 5.37. The Morgan fingerprint density at radius 3 is 1.88 bits per heavy atom. The fourth-order valence-corrected chi connectivity index (χ4v) is 2.12. The number of rotatable bonds is 4. The van der Waals surface area contributed by atoms with Crippen molar-refractivity contribution in [3.8, 4) is 0 Å². The minimum atomic E-state index is 0.341. The summed E-state index contributed by atoms with van der Waals surface area (Å²) >= 11 is 0. The zero-order valence-electron chi connectivity index (χ0n) is 12.0. The number of nitrogens with one attached hydrogen (secondary N) is 1. The van der Waals surface area contributed by atoms with Crippen LogP contribution in [-0.4, -0.2) is 12.6 Å². The number of nitrogens with two attached hydrogens (primary N) is 1. The van der Waals surface area contributed by atoms with Crippen molar-refractivity contribution in [1.82, 2.24) is 0 Å². The van der Waals surface area contributed by atoms with E-state index in [0.717, 1.165) is 0 Å². The molecule has 0 aliphatic rings. The number of benzene rings is 1. The van der Waals surface area contributed by atoms with Gasteiger partial charge in [0.1, 0.15) is 0 Å². The number of hydrogen-bond donors (Lipinski definition) is 2. The van der Waals surface area contributed by atoms with Crippen LogP contribution in [0.4, 0.5) is 5.69 Å². The van der Waals surface area contributed by atoms with Gasteiger partial charge in [-0.3, -0.25) is 0 Å². The van der Waals surface area contributed by atoms with E-state index in [0.29, 0.717) is 18.5 Å². The first-order chi connectivity index (χ1) is 7.88. The Morgan fingerprint density at radius 1 is 1.06 bits per heavy atom. The van der Waals surface area contributed by atoms with Gasteiger partial charge in [0.25, 0.3) is 0 Å². The Balaban J connectivity index is 3.13. The lowest BCUT2D eigenvalue weighted by Gasteiger charge is -2.25. The molecular weight excluding hydrogens is 208 g/mol. The van der Waals surface area contributed by atoms with Crippen LogP contribution in [0.3, 0.4) is 0 Å². The molecule has 0 bridgehead atoms. The quantitative estimate of drug-likeness (QED) is 0.838. The van der Waals surface area contributed by atoms with E-state index >= 15 is 0 Å². The van der Waals surface area contributed by atoms with E-state index in [9.17, 15) is 0 Å². The highest BCUT2D eigenvalue weighted by molar-refractivity contribution is 5.62. The summed E-state index contributed by atoms with van der Waals surface area (Å²) in [6.07, 6.45) is 0. The Morgan fingerprint density at radius 2 is 1.53 bits per heavy atom. The van der Waals surface area contributed by atoms with Crippen molar-refractivity contribution in [3.05, 3.63) is 28.3 Å².